The Labute approximate surface area is 95.6 Å². The van der Waals surface area contributed by atoms with E-state index in [0.29, 0.717) is 5.69 Å². The Kier molecular flexibility index (Phi) is 3.81. The molecule has 17 heavy (non-hydrogen) atoms. The highest BCUT2D eigenvalue weighted by Crippen LogP contribution is 2.00. The highest BCUT2D eigenvalue weighted by atomic mass is 16.4. The van der Waals surface area contributed by atoms with Gasteiger partial charge in [-0.25, -0.2) is 4.79 Å². The lowest BCUT2D eigenvalue weighted by Gasteiger charge is -2.10. The number of H-pyrrole nitrogens is 1. The summed E-state index contributed by atoms with van der Waals surface area (Å²) in [4.78, 5) is 32.6. The first-order chi connectivity index (χ1) is 7.90. The first-order valence-electron chi connectivity index (χ1n) is 4.67. The van der Waals surface area contributed by atoms with Crippen molar-refractivity contribution in [3.63, 3.8) is 0 Å². The average molecular weight is 241 g/mol. The Morgan fingerprint density at radius 1 is 1.47 bits per heavy atom. The van der Waals surface area contributed by atoms with Crippen LogP contribution >= 0.6 is 0 Å². The van der Waals surface area contributed by atoms with Gasteiger partial charge in [-0.15, -0.1) is 0 Å². The maximum atomic E-state index is 11.5. The van der Waals surface area contributed by atoms with E-state index in [9.17, 15) is 14.4 Å². The van der Waals surface area contributed by atoms with Crippen LogP contribution in [0.1, 0.15) is 22.6 Å². The molecule has 0 aromatic carbocycles. The van der Waals surface area contributed by atoms with Crippen molar-refractivity contribution in [1.82, 2.24) is 15.5 Å². The lowest BCUT2D eigenvalue weighted by Crippen LogP contribution is -2.42. The van der Waals surface area contributed by atoms with Crippen molar-refractivity contribution in [3.05, 3.63) is 17.5 Å². The molecular formula is C9H11N3O5. The molecule has 0 aliphatic carbocycles. The number of aromatic nitrogens is 2. The average Bonchev–Trinajstić information content (AvgIpc) is 2.63. The fourth-order valence-electron chi connectivity index (χ4n) is 1.14. The molecule has 8 heteroatoms. The lowest BCUT2D eigenvalue weighted by molar-refractivity contribution is -0.145. The van der Waals surface area contributed by atoms with E-state index in [1.165, 1.54) is 6.07 Å². The van der Waals surface area contributed by atoms with E-state index in [1.807, 2.05) is 0 Å². The quantitative estimate of drug-likeness (QED) is 0.542. The molecule has 0 fully saturated rings. The minimum atomic E-state index is -1.47. The number of aliphatic carboxylic acids is 2. The van der Waals surface area contributed by atoms with Crippen molar-refractivity contribution >= 4 is 17.8 Å². The largest absolute Gasteiger partial charge is 0.481 e. The minimum Gasteiger partial charge on any atom is -0.481 e. The summed E-state index contributed by atoms with van der Waals surface area (Å²) in [5.41, 5.74) is 0.652. The molecule has 0 aliphatic rings. The van der Waals surface area contributed by atoms with Crippen LogP contribution in [0.2, 0.25) is 0 Å². The summed E-state index contributed by atoms with van der Waals surface area (Å²) in [5, 5.41) is 25.4. The third-order valence-corrected chi connectivity index (χ3v) is 1.92. The first kappa shape index (κ1) is 12.7. The number of nitrogens with zero attached hydrogens (tertiary/aromatic N) is 1. The van der Waals surface area contributed by atoms with Crippen LogP contribution in [0.25, 0.3) is 0 Å². The normalized spacial score (nSPS) is 11.8. The van der Waals surface area contributed by atoms with Crippen LogP contribution in [0.15, 0.2) is 6.07 Å². The molecule has 1 rings (SSSR count). The van der Waals surface area contributed by atoms with Gasteiger partial charge in [-0.1, -0.05) is 0 Å². The van der Waals surface area contributed by atoms with Gasteiger partial charge < -0.3 is 15.5 Å². The molecule has 8 nitrogen and oxygen atoms in total. The fraction of sp³-hybridized carbons (Fsp3) is 0.333. The number of carbonyl (C=O) groups is 3. The van der Waals surface area contributed by atoms with E-state index in [-0.39, 0.29) is 5.69 Å². The third kappa shape index (κ3) is 3.59. The van der Waals surface area contributed by atoms with E-state index >= 15 is 0 Å². The second kappa shape index (κ2) is 5.10. The zero-order valence-corrected chi connectivity index (χ0v) is 8.93. The summed E-state index contributed by atoms with van der Waals surface area (Å²) >= 11 is 0. The molecule has 4 N–H and O–H groups in total. The number of carbonyl (C=O) groups excluding carboxylic acids is 1. The number of hydrogen-bond acceptors (Lipinski definition) is 4. The lowest BCUT2D eigenvalue weighted by atomic mass is 10.2. The Morgan fingerprint density at radius 3 is 2.53 bits per heavy atom. The van der Waals surface area contributed by atoms with Gasteiger partial charge in [0.05, 0.1) is 6.42 Å². The van der Waals surface area contributed by atoms with Crippen molar-refractivity contribution in [2.75, 3.05) is 0 Å². The van der Waals surface area contributed by atoms with Gasteiger partial charge in [-0.3, -0.25) is 14.7 Å². The van der Waals surface area contributed by atoms with Gasteiger partial charge in [0.1, 0.15) is 11.7 Å². The number of carboxylic acids is 2. The van der Waals surface area contributed by atoms with Gasteiger partial charge in [-0.05, 0) is 13.0 Å². The van der Waals surface area contributed by atoms with Crippen LogP contribution in [0, 0.1) is 6.92 Å². The molecule has 92 valence electrons. The Morgan fingerprint density at radius 2 is 2.12 bits per heavy atom. The molecule has 1 atom stereocenters. The molecule has 0 aliphatic heterocycles. The van der Waals surface area contributed by atoms with Crippen LogP contribution in [0.5, 0.6) is 0 Å². The SMILES string of the molecule is Cc1cc(C(=O)N[C@H](CC(=O)O)C(=O)O)n[nH]1. The molecule has 1 aromatic rings. The summed E-state index contributed by atoms with van der Waals surface area (Å²) in [6, 6.07) is -0.0494. The predicted molar refractivity (Wildman–Crippen MR) is 54.5 cm³/mol. The molecule has 0 unspecified atom stereocenters. The van der Waals surface area contributed by atoms with E-state index in [0.717, 1.165) is 0 Å². The molecule has 0 bridgehead atoms. The van der Waals surface area contributed by atoms with Crippen LogP contribution in [-0.2, 0) is 9.59 Å². The number of hydrogen-bond donors (Lipinski definition) is 4. The molecule has 1 heterocycles. The molecular weight excluding hydrogens is 230 g/mol. The molecule has 0 saturated carbocycles. The van der Waals surface area contributed by atoms with Crippen molar-refractivity contribution < 1.29 is 24.6 Å². The second-order valence-electron chi connectivity index (χ2n) is 3.40. The minimum absolute atomic E-state index is 0.0131. The highest BCUT2D eigenvalue weighted by molar-refractivity contribution is 5.95. The number of carboxylic acid groups (broad SMARTS) is 2. The van der Waals surface area contributed by atoms with Gasteiger partial charge in [0.15, 0.2) is 0 Å². The third-order valence-electron chi connectivity index (χ3n) is 1.92. The Hall–Kier alpha value is -2.38. The number of nitrogens with one attached hydrogen (secondary N) is 2. The molecule has 1 aromatic heterocycles. The van der Waals surface area contributed by atoms with Gasteiger partial charge in [0.25, 0.3) is 5.91 Å². The first-order valence-corrected chi connectivity index (χ1v) is 4.67. The molecule has 0 radical (unpaired) electrons. The predicted octanol–water partition coefficient (Wildman–Crippen LogP) is -0.624. The van der Waals surface area contributed by atoms with E-state index in [4.69, 9.17) is 10.2 Å². The number of aryl methyl sites for hydroxylation is 1. The fourth-order valence-corrected chi connectivity index (χ4v) is 1.14. The summed E-state index contributed by atoms with van der Waals surface area (Å²) in [6.45, 7) is 1.68. The molecule has 1 amide bonds. The van der Waals surface area contributed by atoms with Gasteiger partial charge in [0.2, 0.25) is 0 Å². The smallest absolute Gasteiger partial charge is 0.326 e. The summed E-state index contributed by atoms with van der Waals surface area (Å²) in [7, 11) is 0. The Bertz CT molecular complexity index is 453. The van der Waals surface area contributed by atoms with E-state index in [2.05, 4.69) is 15.5 Å². The topological polar surface area (TPSA) is 132 Å². The van der Waals surface area contributed by atoms with Crippen LogP contribution < -0.4 is 5.32 Å². The maximum Gasteiger partial charge on any atom is 0.326 e. The summed E-state index contributed by atoms with van der Waals surface area (Å²) in [6.07, 6.45) is -0.690. The Balaban J connectivity index is 2.70. The molecule has 0 saturated heterocycles. The molecule has 0 spiro atoms. The number of aromatic amines is 1. The monoisotopic (exact) mass is 241 g/mol. The highest BCUT2D eigenvalue weighted by Gasteiger charge is 2.24. The maximum absolute atomic E-state index is 11.5. The standard InChI is InChI=1S/C9H11N3O5/c1-4-2-5(12-11-4)8(15)10-6(9(16)17)3-7(13)14/h2,6H,3H2,1H3,(H,10,15)(H,11,12)(H,13,14)(H,16,17)/t6-/m1/s1. The van der Waals surface area contributed by atoms with Crippen LogP contribution in [-0.4, -0.2) is 44.3 Å². The van der Waals surface area contributed by atoms with Gasteiger partial charge in [-0.2, -0.15) is 5.10 Å². The van der Waals surface area contributed by atoms with Crippen molar-refractivity contribution in [1.29, 1.82) is 0 Å². The van der Waals surface area contributed by atoms with Gasteiger partial charge >= 0.3 is 11.9 Å². The van der Waals surface area contributed by atoms with E-state index < -0.39 is 30.3 Å². The van der Waals surface area contributed by atoms with Crippen molar-refractivity contribution in [2.24, 2.45) is 0 Å². The number of rotatable bonds is 5. The van der Waals surface area contributed by atoms with Crippen molar-refractivity contribution in [2.45, 2.75) is 19.4 Å². The van der Waals surface area contributed by atoms with Crippen molar-refractivity contribution in [3.8, 4) is 0 Å². The van der Waals surface area contributed by atoms with Crippen LogP contribution in [0.4, 0.5) is 0 Å². The zero-order valence-electron chi connectivity index (χ0n) is 8.93. The zero-order chi connectivity index (χ0) is 13.0. The summed E-state index contributed by atoms with van der Waals surface area (Å²) in [5.74, 6) is -3.45. The summed E-state index contributed by atoms with van der Waals surface area (Å²) < 4.78 is 0. The van der Waals surface area contributed by atoms with E-state index in [1.54, 1.807) is 6.92 Å². The van der Waals surface area contributed by atoms with Crippen LogP contribution in [0.3, 0.4) is 0 Å². The second-order valence-corrected chi connectivity index (χ2v) is 3.40. The number of amides is 1. The van der Waals surface area contributed by atoms with Gasteiger partial charge in [0, 0.05) is 5.69 Å².